The molecule has 3 nitrogen and oxygen atoms in total. The van der Waals surface area contributed by atoms with Crippen LogP contribution in [0.1, 0.15) is 24.4 Å². The summed E-state index contributed by atoms with van der Waals surface area (Å²) in [7, 11) is 0. The van der Waals surface area contributed by atoms with E-state index in [0.717, 1.165) is 31.2 Å². The number of para-hydroxylation sites is 1. The second-order valence-electron chi connectivity index (χ2n) is 5.49. The second kappa shape index (κ2) is 6.14. The Balaban J connectivity index is 1.47. The molecule has 1 aromatic carbocycles. The fraction of sp³-hybridized carbons (Fsp3) is 0.412. The van der Waals surface area contributed by atoms with Crippen LogP contribution in [0.5, 0.6) is 0 Å². The molecule has 0 atom stereocenters. The van der Waals surface area contributed by atoms with Crippen molar-refractivity contribution in [2.75, 3.05) is 18.0 Å². The molecule has 2 heterocycles. The number of rotatable bonds is 4. The highest BCUT2D eigenvalue weighted by atomic mass is 16.3. The van der Waals surface area contributed by atoms with E-state index in [0.29, 0.717) is 6.04 Å². The van der Waals surface area contributed by atoms with Gasteiger partial charge in [-0.1, -0.05) is 18.2 Å². The van der Waals surface area contributed by atoms with E-state index in [4.69, 9.17) is 4.42 Å². The Morgan fingerprint density at radius 3 is 2.50 bits per heavy atom. The Morgan fingerprint density at radius 1 is 1.10 bits per heavy atom. The topological polar surface area (TPSA) is 28.4 Å². The first kappa shape index (κ1) is 13.3. The van der Waals surface area contributed by atoms with Crippen LogP contribution in [0.15, 0.2) is 46.9 Å². The Hall–Kier alpha value is -1.74. The van der Waals surface area contributed by atoms with Crippen molar-refractivity contribution in [2.24, 2.45) is 0 Å². The second-order valence-corrected chi connectivity index (χ2v) is 5.49. The van der Waals surface area contributed by atoms with Gasteiger partial charge in [-0.25, -0.2) is 0 Å². The van der Waals surface area contributed by atoms with Crippen molar-refractivity contribution in [1.82, 2.24) is 5.32 Å². The molecule has 0 unspecified atom stereocenters. The summed E-state index contributed by atoms with van der Waals surface area (Å²) in [5.74, 6) is 2.02. The molecule has 1 fully saturated rings. The van der Waals surface area contributed by atoms with Crippen LogP contribution in [-0.2, 0) is 6.54 Å². The van der Waals surface area contributed by atoms with Crippen molar-refractivity contribution in [3.05, 3.63) is 54.0 Å². The molecule has 0 saturated carbocycles. The molecule has 1 saturated heterocycles. The monoisotopic (exact) mass is 270 g/mol. The third-order valence-corrected chi connectivity index (χ3v) is 3.98. The van der Waals surface area contributed by atoms with Gasteiger partial charge in [-0.3, -0.25) is 0 Å². The molecule has 1 aliphatic rings. The minimum Gasteiger partial charge on any atom is -0.465 e. The number of nitrogens with zero attached hydrogens (tertiary/aromatic N) is 1. The van der Waals surface area contributed by atoms with Gasteiger partial charge in [-0.2, -0.15) is 0 Å². The molecule has 0 bridgehead atoms. The average molecular weight is 270 g/mol. The van der Waals surface area contributed by atoms with E-state index in [1.54, 1.807) is 0 Å². The first-order valence-electron chi connectivity index (χ1n) is 7.40. The van der Waals surface area contributed by atoms with Crippen molar-refractivity contribution in [3.8, 4) is 0 Å². The predicted octanol–water partition coefficient (Wildman–Crippen LogP) is 3.35. The van der Waals surface area contributed by atoms with E-state index in [2.05, 4.69) is 46.6 Å². The molecule has 1 aliphatic heterocycles. The van der Waals surface area contributed by atoms with Crippen LogP contribution in [0.2, 0.25) is 0 Å². The van der Waals surface area contributed by atoms with Gasteiger partial charge in [-0.05, 0) is 44.0 Å². The lowest BCUT2D eigenvalue weighted by Gasteiger charge is -2.34. The van der Waals surface area contributed by atoms with Crippen molar-refractivity contribution >= 4 is 5.69 Å². The maximum absolute atomic E-state index is 5.59. The molecule has 0 radical (unpaired) electrons. The molecular formula is C17H22N2O. The lowest BCUT2D eigenvalue weighted by molar-refractivity contribution is 0.384. The number of furan rings is 1. The van der Waals surface area contributed by atoms with Gasteiger partial charge < -0.3 is 14.6 Å². The summed E-state index contributed by atoms with van der Waals surface area (Å²) in [6, 6.07) is 15.4. The summed E-state index contributed by atoms with van der Waals surface area (Å²) in [6.45, 7) is 5.07. The summed E-state index contributed by atoms with van der Waals surface area (Å²) in [5, 5.41) is 3.60. The zero-order valence-electron chi connectivity index (χ0n) is 12.0. The quantitative estimate of drug-likeness (QED) is 0.923. The van der Waals surface area contributed by atoms with Crippen LogP contribution < -0.4 is 10.2 Å². The maximum Gasteiger partial charge on any atom is 0.117 e. The molecule has 0 spiro atoms. The molecule has 3 rings (SSSR count). The summed E-state index contributed by atoms with van der Waals surface area (Å²) in [5.41, 5.74) is 1.34. The first-order chi connectivity index (χ1) is 9.81. The van der Waals surface area contributed by atoms with E-state index in [1.165, 1.54) is 18.5 Å². The molecule has 1 N–H and O–H groups in total. The minimum atomic E-state index is 0.598. The Morgan fingerprint density at radius 2 is 1.85 bits per heavy atom. The maximum atomic E-state index is 5.59. The van der Waals surface area contributed by atoms with Gasteiger partial charge in [0, 0.05) is 24.8 Å². The summed E-state index contributed by atoms with van der Waals surface area (Å²) in [4.78, 5) is 2.47. The van der Waals surface area contributed by atoms with Gasteiger partial charge >= 0.3 is 0 Å². The zero-order valence-corrected chi connectivity index (χ0v) is 12.0. The SMILES string of the molecule is Cc1ccc(CNC2CCN(c3ccccc3)CC2)o1. The molecule has 3 heteroatoms. The van der Waals surface area contributed by atoms with E-state index in [1.807, 2.05) is 13.0 Å². The van der Waals surface area contributed by atoms with Crippen LogP contribution in [0.3, 0.4) is 0 Å². The van der Waals surface area contributed by atoms with Crippen LogP contribution >= 0.6 is 0 Å². The van der Waals surface area contributed by atoms with Gasteiger partial charge in [0.05, 0.1) is 6.54 Å². The Bertz CT molecular complexity index is 527. The van der Waals surface area contributed by atoms with Gasteiger partial charge in [0.15, 0.2) is 0 Å². The van der Waals surface area contributed by atoms with Crippen molar-refractivity contribution in [2.45, 2.75) is 32.4 Å². The largest absolute Gasteiger partial charge is 0.465 e. The van der Waals surface area contributed by atoms with E-state index in [-0.39, 0.29) is 0 Å². The number of anilines is 1. The standard InChI is InChI=1S/C17H22N2O/c1-14-7-8-17(20-14)13-18-15-9-11-19(12-10-15)16-5-3-2-4-6-16/h2-8,15,18H,9-13H2,1H3. The summed E-state index contributed by atoms with van der Waals surface area (Å²) < 4.78 is 5.59. The van der Waals surface area contributed by atoms with E-state index in [9.17, 15) is 0 Å². The van der Waals surface area contributed by atoms with Crippen molar-refractivity contribution in [3.63, 3.8) is 0 Å². The summed E-state index contributed by atoms with van der Waals surface area (Å²) >= 11 is 0. The van der Waals surface area contributed by atoms with Crippen molar-refractivity contribution < 1.29 is 4.42 Å². The number of nitrogens with one attached hydrogen (secondary N) is 1. The fourth-order valence-corrected chi connectivity index (χ4v) is 2.81. The highest BCUT2D eigenvalue weighted by Crippen LogP contribution is 2.19. The Kier molecular flexibility index (Phi) is 4.07. The highest BCUT2D eigenvalue weighted by Gasteiger charge is 2.19. The third kappa shape index (κ3) is 3.23. The Labute approximate surface area is 120 Å². The zero-order chi connectivity index (χ0) is 13.8. The smallest absolute Gasteiger partial charge is 0.117 e. The normalized spacial score (nSPS) is 16.6. The van der Waals surface area contributed by atoms with Gasteiger partial charge in [0.1, 0.15) is 11.5 Å². The van der Waals surface area contributed by atoms with Gasteiger partial charge in [0.2, 0.25) is 0 Å². The van der Waals surface area contributed by atoms with Crippen LogP contribution in [0, 0.1) is 6.92 Å². The fourth-order valence-electron chi connectivity index (χ4n) is 2.81. The molecular weight excluding hydrogens is 248 g/mol. The first-order valence-corrected chi connectivity index (χ1v) is 7.40. The molecule has 106 valence electrons. The molecule has 20 heavy (non-hydrogen) atoms. The van der Waals surface area contributed by atoms with Crippen LogP contribution in [0.25, 0.3) is 0 Å². The molecule has 2 aromatic rings. The number of hydrogen-bond donors (Lipinski definition) is 1. The van der Waals surface area contributed by atoms with Crippen LogP contribution in [0.4, 0.5) is 5.69 Å². The van der Waals surface area contributed by atoms with E-state index >= 15 is 0 Å². The third-order valence-electron chi connectivity index (χ3n) is 3.98. The van der Waals surface area contributed by atoms with Gasteiger partial charge in [-0.15, -0.1) is 0 Å². The minimum absolute atomic E-state index is 0.598. The van der Waals surface area contributed by atoms with Crippen molar-refractivity contribution in [1.29, 1.82) is 0 Å². The number of benzene rings is 1. The lowest BCUT2D eigenvalue weighted by Crippen LogP contribution is -2.42. The number of aryl methyl sites for hydroxylation is 1. The molecule has 1 aromatic heterocycles. The highest BCUT2D eigenvalue weighted by molar-refractivity contribution is 5.46. The van der Waals surface area contributed by atoms with Gasteiger partial charge in [0.25, 0.3) is 0 Å². The van der Waals surface area contributed by atoms with E-state index < -0.39 is 0 Å². The number of piperidine rings is 1. The molecule has 0 aliphatic carbocycles. The summed E-state index contributed by atoms with van der Waals surface area (Å²) in [6.07, 6.45) is 2.38. The lowest BCUT2D eigenvalue weighted by atomic mass is 10.0. The molecule has 0 amide bonds. The predicted molar refractivity (Wildman–Crippen MR) is 82.0 cm³/mol. The van der Waals surface area contributed by atoms with Crippen LogP contribution in [-0.4, -0.2) is 19.1 Å². The number of hydrogen-bond acceptors (Lipinski definition) is 3. The average Bonchev–Trinajstić information content (AvgIpc) is 2.92.